The molecule has 0 spiro atoms. The van der Waals surface area contributed by atoms with Gasteiger partial charge in [-0.05, 0) is 24.6 Å². The Bertz CT molecular complexity index is 664. The van der Waals surface area contributed by atoms with Crippen LogP contribution in [0.25, 0.3) is 0 Å². The van der Waals surface area contributed by atoms with Gasteiger partial charge >= 0.3 is 0 Å². The van der Waals surface area contributed by atoms with E-state index in [2.05, 4.69) is 22.0 Å². The molecule has 0 aliphatic rings. The standard InChI is InChI=1S/C16H13BrClNO/c1-11-3-2-4-13(8-17)16(11)20-10-14-6-5-12(9-19)7-15(14)18/h2-7H,8,10H2,1H3. The molecule has 0 amide bonds. The Hall–Kier alpha value is -1.50. The molecule has 0 N–H and O–H groups in total. The zero-order chi connectivity index (χ0) is 14.5. The van der Waals surface area contributed by atoms with Crippen molar-refractivity contribution in [3.63, 3.8) is 0 Å². The maximum atomic E-state index is 8.82. The SMILES string of the molecule is Cc1cccc(CBr)c1OCc1ccc(C#N)cc1Cl. The van der Waals surface area contributed by atoms with E-state index >= 15 is 0 Å². The Kier molecular flexibility index (Phi) is 5.05. The lowest BCUT2D eigenvalue weighted by atomic mass is 10.1. The predicted molar refractivity (Wildman–Crippen MR) is 84.3 cm³/mol. The summed E-state index contributed by atoms with van der Waals surface area (Å²) in [6.45, 7) is 2.40. The minimum atomic E-state index is 0.384. The smallest absolute Gasteiger partial charge is 0.126 e. The average Bonchev–Trinajstić information content (AvgIpc) is 2.46. The highest BCUT2D eigenvalue weighted by Gasteiger charge is 2.08. The molecule has 2 aromatic carbocycles. The van der Waals surface area contributed by atoms with Gasteiger partial charge in [0.2, 0.25) is 0 Å². The first kappa shape index (κ1) is 14.9. The van der Waals surface area contributed by atoms with Gasteiger partial charge in [0.15, 0.2) is 0 Å². The Morgan fingerprint density at radius 2 is 2.05 bits per heavy atom. The number of aryl methyl sites for hydroxylation is 1. The summed E-state index contributed by atoms with van der Waals surface area (Å²) in [5.41, 5.74) is 3.62. The van der Waals surface area contributed by atoms with Crippen LogP contribution in [0.3, 0.4) is 0 Å². The predicted octanol–water partition coefficient (Wildman–Crippen LogP) is 4.99. The van der Waals surface area contributed by atoms with E-state index in [1.807, 2.05) is 31.2 Å². The average molecular weight is 351 g/mol. The summed E-state index contributed by atoms with van der Waals surface area (Å²) in [6.07, 6.45) is 0. The zero-order valence-electron chi connectivity index (χ0n) is 11.0. The van der Waals surface area contributed by atoms with Crippen molar-refractivity contribution in [2.75, 3.05) is 0 Å². The van der Waals surface area contributed by atoms with Crippen molar-refractivity contribution < 1.29 is 4.74 Å². The summed E-state index contributed by atoms with van der Waals surface area (Å²) in [7, 11) is 0. The molecule has 2 nitrogen and oxygen atoms in total. The molecule has 0 saturated heterocycles. The molecule has 0 radical (unpaired) electrons. The van der Waals surface area contributed by atoms with Gasteiger partial charge in [0, 0.05) is 21.5 Å². The van der Waals surface area contributed by atoms with Crippen molar-refractivity contribution in [1.82, 2.24) is 0 Å². The first-order valence-electron chi connectivity index (χ1n) is 6.11. The van der Waals surface area contributed by atoms with Crippen molar-refractivity contribution in [2.24, 2.45) is 0 Å². The normalized spacial score (nSPS) is 10.1. The summed E-state index contributed by atoms with van der Waals surface area (Å²) >= 11 is 9.61. The number of ether oxygens (including phenoxy) is 1. The van der Waals surface area contributed by atoms with E-state index < -0.39 is 0 Å². The summed E-state index contributed by atoms with van der Waals surface area (Å²) < 4.78 is 5.90. The van der Waals surface area contributed by atoms with Crippen LogP contribution in [0, 0.1) is 18.3 Å². The van der Waals surface area contributed by atoms with Crippen molar-refractivity contribution in [1.29, 1.82) is 5.26 Å². The van der Waals surface area contributed by atoms with E-state index in [0.717, 1.165) is 27.8 Å². The lowest BCUT2D eigenvalue weighted by molar-refractivity contribution is 0.302. The van der Waals surface area contributed by atoms with Crippen LogP contribution in [0.15, 0.2) is 36.4 Å². The molecular weight excluding hydrogens is 338 g/mol. The zero-order valence-corrected chi connectivity index (χ0v) is 13.3. The van der Waals surface area contributed by atoms with Gasteiger partial charge in [-0.3, -0.25) is 0 Å². The van der Waals surface area contributed by atoms with Crippen LogP contribution in [0.2, 0.25) is 5.02 Å². The molecule has 20 heavy (non-hydrogen) atoms. The third kappa shape index (κ3) is 3.33. The number of halogens is 2. The molecule has 0 aromatic heterocycles. The van der Waals surface area contributed by atoms with E-state index in [9.17, 15) is 0 Å². The van der Waals surface area contributed by atoms with Gasteiger partial charge < -0.3 is 4.74 Å². The maximum absolute atomic E-state index is 8.82. The minimum Gasteiger partial charge on any atom is -0.488 e. The fraction of sp³-hybridized carbons (Fsp3) is 0.188. The Morgan fingerprint density at radius 1 is 1.25 bits per heavy atom. The molecule has 0 aliphatic carbocycles. The summed E-state index contributed by atoms with van der Waals surface area (Å²) in [6, 6.07) is 13.3. The van der Waals surface area contributed by atoms with E-state index in [-0.39, 0.29) is 0 Å². The Labute approximate surface area is 132 Å². The molecule has 0 unspecified atom stereocenters. The van der Waals surface area contributed by atoms with E-state index in [4.69, 9.17) is 21.6 Å². The number of para-hydroxylation sites is 1. The molecule has 0 aliphatic heterocycles. The summed E-state index contributed by atoms with van der Waals surface area (Å²) in [5.74, 6) is 0.879. The van der Waals surface area contributed by atoms with Crippen LogP contribution in [0.1, 0.15) is 22.3 Å². The van der Waals surface area contributed by atoms with Gasteiger partial charge in [-0.15, -0.1) is 0 Å². The summed E-state index contributed by atoms with van der Waals surface area (Å²) in [4.78, 5) is 0. The molecule has 4 heteroatoms. The fourth-order valence-corrected chi connectivity index (χ4v) is 2.59. The second-order valence-electron chi connectivity index (χ2n) is 4.40. The number of alkyl halides is 1. The molecule has 2 aromatic rings. The van der Waals surface area contributed by atoms with Crippen LogP contribution < -0.4 is 4.74 Å². The van der Waals surface area contributed by atoms with Crippen LogP contribution in [-0.2, 0) is 11.9 Å². The maximum Gasteiger partial charge on any atom is 0.126 e. The van der Waals surface area contributed by atoms with E-state index in [0.29, 0.717) is 17.2 Å². The second kappa shape index (κ2) is 6.78. The van der Waals surface area contributed by atoms with E-state index in [1.165, 1.54) is 0 Å². The van der Waals surface area contributed by atoms with Crippen molar-refractivity contribution in [3.05, 3.63) is 63.7 Å². The molecule has 2 rings (SSSR count). The van der Waals surface area contributed by atoms with Crippen LogP contribution in [0.4, 0.5) is 0 Å². The number of rotatable bonds is 4. The molecule has 0 saturated carbocycles. The quantitative estimate of drug-likeness (QED) is 0.727. The van der Waals surface area contributed by atoms with Gasteiger partial charge in [-0.2, -0.15) is 5.26 Å². The van der Waals surface area contributed by atoms with Gasteiger partial charge in [0.1, 0.15) is 12.4 Å². The Morgan fingerprint density at radius 3 is 2.70 bits per heavy atom. The molecule has 0 fully saturated rings. The highest BCUT2D eigenvalue weighted by Crippen LogP contribution is 2.27. The van der Waals surface area contributed by atoms with Gasteiger partial charge in [-0.1, -0.05) is 51.8 Å². The molecule has 0 bridgehead atoms. The first-order chi connectivity index (χ1) is 9.65. The van der Waals surface area contributed by atoms with Crippen LogP contribution in [0.5, 0.6) is 5.75 Å². The lowest BCUT2D eigenvalue weighted by Crippen LogP contribution is -2.00. The van der Waals surface area contributed by atoms with Gasteiger partial charge in [0.25, 0.3) is 0 Å². The minimum absolute atomic E-state index is 0.384. The largest absolute Gasteiger partial charge is 0.488 e. The number of nitrogens with zero attached hydrogens (tertiary/aromatic N) is 1. The number of benzene rings is 2. The van der Waals surface area contributed by atoms with Crippen LogP contribution >= 0.6 is 27.5 Å². The third-order valence-corrected chi connectivity index (χ3v) is 3.95. The topological polar surface area (TPSA) is 33.0 Å². The first-order valence-corrected chi connectivity index (χ1v) is 7.61. The van der Waals surface area contributed by atoms with Gasteiger partial charge in [-0.25, -0.2) is 0 Å². The fourth-order valence-electron chi connectivity index (χ4n) is 1.91. The second-order valence-corrected chi connectivity index (χ2v) is 5.37. The lowest BCUT2D eigenvalue weighted by Gasteiger charge is -2.13. The van der Waals surface area contributed by atoms with Crippen molar-refractivity contribution >= 4 is 27.5 Å². The highest BCUT2D eigenvalue weighted by molar-refractivity contribution is 9.08. The van der Waals surface area contributed by atoms with E-state index in [1.54, 1.807) is 12.1 Å². The monoisotopic (exact) mass is 349 g/mol. The molecule has 0 heterocycles. The number of hydrogen-bond acceptors (Lipinski definition) is 2. The molecular formula is C16H13BrClNO. The number of hydrogen-bond donors (Lipinski definition) is 0. The molecule has 0 atom stereocenters. The van der Waals surface area contributed by atoms with Gasteiger partial charge in [0.05, 0.1) is 11.6 Å². The Balaban J connectivity index is 2.19. The van der Waals surface area contributed by atoms with Crippen molar-refractivity contribution in [3.8, 4) is 11.8 Å². The highest BCUT2D eigenvalue weighted by atomic mass is 79.9. The third-order valence-electron chi connectivity index (χ3n) is 2.99. The van der Waals surface area contributed by atoms with Crippen LogP contribution in [-0.4, -0.2) is 0 Å². The van der Waals surface area contributed by atoms with Crippen molar-refractivity contribution in [2.45, 2.75) is 18.9 Å². The molecule has 102 valence electrons. The number of nitriles is 1. The summed E-state index contributed by atoms with van der Waals surface area (Å²) in [5, 5.41) is 10.1.